The average molecular weight is 357 g/mol. The van der Waals surface area contributed by atoms with Crippen LogP contribution in [-0.4, -0.2) is 37.1 Å². The second kappa shape index (κ2) is 10.0. The summed E-state index contributed by atoms with van der Waals surface area (Å²) in [4.78, 5) is 28.2. The molecular formula is C19H23N3O4. The summed E-state index contributed by atoms with van der Waals surface area (Å²) in [5, 5.41) is 5.55. The minimum Gasteiger partial charge on any atom is -0.493 e. The predicted molar refractivity (Wildman–Crippen MR) is 98.6 cm³/mol. The molecule has 0 spiro atoms. The molecule has 0 aliphatic carbocycles. The topological polar surface area (TPSA) is 89.5 Å². The van der Waals surface area contributed by atoms with E-state index in [-0.39, 0.29) is 11.8 Å². The van der Waals surface area contributed by atoms with Crippen molar-refractivity contribution in [2.24, 2.45) is 0 Å². The van der Waals surface area contributed by atoms with Crippen LogP contribution in [0.5, 0.6) is 11.6 Å². The molecule has 1 heterocycles. The molecular weight excluding hydrogens is 334 g/mol. The summed E-state index contributed by atoms with van der Waals surface area (Å²) in [6, 6.07) is 10.5. The lowest BCUT2D eigenvalue weighted by Crippen LogP contribution is -2.26. The zero-order valence-electron chi connectivity index (χ0n) is 15.0. The van der Waals surface area contributed by atoms with E-state index < -0.39 is 0 Å². The third-order valence-electron chi connectivity index (χ3n) is 3.53. The van der Waals surface area contributed by atoms with E-state index >= 15 is 0 Å². The van der Waals surface area contributed by atoms with Gasteiger partial charge in [0.15, 0.2) is 0 Å². The summed E-state index contributed by atoms with van der Waals surface area (Å²) in [6.07, 6.45) is 2.35. The Labute approximate surface area is 152 Å². The Balaban J connectivity index is 1.74. The van der Waals surface area contributed by atoms with E-state index in [0.29, 0.717) is 48.9 Å². The Morgan fingerprint density at radius 1 is 1.15 bits per heavy atom. The maximum Gasteiger partial charge on any atom is 0.255 e. The largest absolute Gasteiger partial charge is 0.493 e. The Morgan fingerprint density at radius 3 is 2.65 bits per heavy atom. The molecule has 7 heteroatoms. The number of carbonyl (C=O) groups is 2. The molecule has 0 radical (unpaired) electrons. The summed E-state index contributed by atoms with van der Waals surface area (Å²) in [5.74, 6) is 0.685. The highest BCUT2D eigenvalue weighted by Gasteiger charge is 2.11. The van der Waals surface area contributed by atoms with Crippen molar-refractivity contribution in [1.29, 1.82) is 0 Å². The Morgan fingerprint density at radius 2 is 1.96 bits per heavy atom. The van der Waals surface area contributed by atoms with Crippen LogP contribution >= 0.6 is 0 Å². The number of carbonyl (C=O) groups excluding carboxylic acids is 2. The van der Waals surface area contributed by atoms with Crippen molar-refractivity contribution in [3.8, 4) is 11.6 Å². The van der Waals surface area contributed by atoms with Gasteiger partial charge in [-0.25, -0.2) is 4.98 Å². The van der Waals surface area contributed by atoms with Crippen molar-refractivity contribution in [3.05, 3.63) is 48.2 Å². The van der Waals surface area contributed by atoms with Gasteiger partial charge in [-0.05, 0) is 31.5 Å². The van der Waals surface area contributed by atoms with Crippen LogP contribution in [0, 0.1) is 0 Å². The highest BCUT2D eigenvalue weighted by molar-refractivity contribution is 5.97. The lowest BCUT2D eigenvalue weighted by Gasteiger charge is -2.10. The SMILES string of the molecule is CCOc1ccccc1C(=O)NCCCC(=O)Nc1ccc(OC)nc1. The molecule has 0 bridgehead atoms. The standard InChI is InChI=1S/C19H23N3O4/c1-3-26-16-8-5-4-7-15(16)19(24)20-12-6-9-17(23)22-14-10-11-18(25-2)21-13-14/h4-5,7-8,10-11,13H,3,6,9,12H2,1-2H3,(H,20,24)(H,22,23). The summed E-state index contributed by atoms with van der Waals surface area (Å²) in [6.45, 7) is 2.75. The van der Waals surface area contributed by atoms with Crippen molar-refractivity contribution in [2.75, 3.05) is 25.6 Å². The molecule has 0 aliphatic heterocycles. The van der Waals surface area contributed by atoms with Crippen LogP contribution in [0.3, 0.4) is 0 Å². The number of hydrogen-bond acceptors (Lipinski definition) is 5. The molecule has 1 aromatic heterocycles. The van der Waals surface area contributed by atoms with Crippen molar-refractivity contribution >= 4 is 17.5 Å². The van der Waals surface area contributed by atoms with Crippen LogP contribution in [-0.2, 0) is 4.79 Å². The fraction of sp³-hybridized carbons (Fsp3) is 0.316. The highest BCUT2D eigenvalue weighted by atomic mass is 16.5. The number of pyridine rings is 1. The van der Waals surface area contributed by atoms with Crippen molar-refractivity contribution in [1.82, 2.24) is 10.3 Å². The molecule has 138 valence electrons. The molecule has 26 heavy (non-hydrogen) atoms. The average Bonchev–Trinajstić information content (AvgIpc) is 2.66. The summed E-state index contributed by atoms with van der Waals surface area (Å²) < 4.78 is 10.4. The number of anilines is 1. The van der Waals surface area contributed by atoms with Crippen LogP contribution in [0.15, 0.2) is 42.6 Å². The van der Waals surface area contributed by atoms with Crippen LogP contribution < -0.4 is 20.1 Å². The Bertz CT molecular complexity index is 732. The monoisotopic (exact) mass is 357 g/mol. The normalized spacial score (nSPS) is 10.1. The Hall–Kier alpha value is -3.09. The maximum absolute atomic E-state index is 12.2. The second-order valence-corrected chi connectivity index (χ2v) is 5.43. The van der Waals surface area contributed by atoms with Gasteiger partial charge >= 0.3 is 0 Å². The van der Waals surface area contributed by atoms with Crippen LogP contribution in [0.2, 0.25) is 0 Å². The number of aromatic nitrogens is 1. The summed E-state index contributed by atoms with van der Waals surface area (Å²) >= 11 is 0. The summed E-state index contributed by atoms with van der Waals surface area (Å²) in [7, 11) is 1.53. The lowest BCUT2D eigenvalue weighted by atomic mass is 10.2. The van der Waals surface area contributed by atoms with Gasteiger partial charge in [-0.2, -0.15) is 0 Å². The molecule has 0 atom stereocenters. The molecule has 7 nitrogen and oxygen atoms in total. The number of nitrogens with one attached hydrogen (secondary N) is 2. The van der Waals surface area contributed by atoms with Gasteiger partial charge in [-0.15, -0.1) is 0 Å². The van der Waals surface area contributed by atoms with Crippen molar-refractivity contribution in [3.63, 3.8) is 0 Å². The molecule has 2 amide bonds. The van der Waals surface area contributed by atoms with Gasteiger partial charge in [0.25, 0.3) is 5.91 Å². The van der Waals surface area contributed by atoms with Gasteiger partial charge in [-0.1, -0.05) is 12.1 Å². The van der Waals surface area contributed by atoms with E-state index in [9.17, 15) is 9.59 Å². The maximum atomic E-state index is 12.2. The second-order valence-electron chi connectivity index (χ2n) is 5.43. The third kappa shape index (κ3) is 5.77. The first-order valence-electron chi connectivity index (χ1n) is 8.44. The quantitative estimate of drug-likeness (QED) is 0.674. The lowest BCUT2D eigenvalue weighted by molar-refractivity contribution is -0.116. The number of amides is 2. The van der Waals surface area contributed by atoms with E-state index in [1.165, 1.54) is 13.3 Å². The molecule has 1 aromatic carbocycles. The van der Waals surface area contributed by atoms with Gasteiger partial charge in [-0.3, -0.25) is 9.59 Å². The van der Waals surface area contributed by atoms with E-state index in [0.717, 1.165) is 0 Å². The van der Waals surface area contributed by atoms with Gasteiger partial charge in [0.05, 0.1) is 31.2 Å². The predicted octanol–water partition coefficient (Wildman–Crippen LogP) is 2.64. The molecule has 0 fully saturated rings. The van der Waals surface area contributed by atoms with E-state index in [4.69, 9.17) is 9.47 Å². The molecule has 0 aliphatic rings. The fourth-order valence-electron chi connectivity index (χ4n) is 2.28. The van der Waals surface area contributed by atoms with Gasteiger partial charge in [0.1, 0.15) is 5.75 Å². The number of hydrogen-bond donors (Lipinski definition) is 2. The molecule has 2 aromatic rings. The number of benzene rings is 1. The number of para-hydroxylation sites is 1. The zero-order valence-corrected chi connectivity index (χ0v) is 15.0. The third-order valence-corrected chi connectivity index (χ3v) is 3.53. The molecule has 0 saturated carbocycles. The molecule has 0 saturated heterocycles. The van der Waals surface area contributed by atoms with Gasteiger partial charge in [0, 0.05) is 19.0 Å². The van der Waals surface area contributed by atoms with Gasteiger partial charge in [0.2, 0.25) is 11.8 Å². The molecule has 0 unspecified atom stereocenters. The minimum atomic E-state index is -0.214. The van der Waals surface area contributed by atoms with Crippen LogP contribution in [0.25, 0.3) is 0 Å². The number of nitrogens with zero attached hydrogens (tertiary/aromatic N) is 1. The minimum absolute atomic E-state index is 0.138. The van der Waals surface area contributed by atoms with Gasteiger partial charge < -0.3 is 20.1 Å². The van der Waals surface area contributed by atoms with Crippen LogP contribution in [0.1, 0.15) is 30.1 Å². The fourth-order valence-corrected chi connectivity index (χ4v) is 2.28. The Kier molecular flexibility index (Phi) is 7.42. The number of methoxy groups -OCH3 is 1. The van der Waals surface area contributed by atoms with Crippen molar-refractivity contribution in [2.45, 2.75) is 19.8 Å². The van der Waals surface area contributed by atoms with E-state index in [2.05, 4.69) is 15.6 Å². The zero-order chi connectivity index (χ0) is 18.8. The smallest absolute Gasteiger partial charge is 0.255 e. The first-order valence-corrected chi connectivity index (χ1v) is 8.44. The highest BCUT2D eigenvalue weighted by Crippen LogP contribution is 2.17. The molecule has 2 rings (SSSR count). The molecule has 2 N–H and O–H groups in total. The summed E-state index contributed by atoms with van der Waals surface area (Å²) in [5.41, 5.74) is 1.09. The number of ether oxygens (including phenoxy) is 2. The van der Waals surface area contributed by atoms with Crippen molar-refractivity contribution < 1.29 is 19.1 Å². The van der Waals surface area contributed by atoms with Crippen LogP contribution in [0.4, 0.5) is 5.69 Å². The van der Waals surface area contributed by atoms with E-state index in [1.54, 1.807) is 30.3 Å². The first kappa shape index (κ1) is 19.2. The number of rotatable bonds is 9. The van der Waals surface area contributed by atoms with E-state index in [1.807, 2.05) is 13.0 Å². The first-order chi connectivity index (χ1) is 12.6.